The van der Waals surface area contributed by atoms with Crippen molar-refractivity contribution in [2.24, 2.45) is 22.7 Å². The van der Waals surface area contributed by atoms with E-state index in [9.17, 15) is 51.2 Å². The maximum absolute atomic E-state index is 14.1. The van der Waals surface area contributed by atoms with Gasteiger partial charge < -0.3 is 48.2 Å². The molecule has 3 saturated heterocycles. The molecule has 4 aromatic heterocycles. The number of allylic oxidation sites excluding steroid dienone is 2. The van der Waals surface area contributed by atoms with Crippen molar-refractivity contribution in [2.75, 3.05) is 127 Å². The van der Waals surface area contributed by atoms with Crippen LogP contribution in [0.1, 0.15) is 121 Å². The number of aromatic amines is 2. The third kappa shape index (κ3) is 21.8. The lowest BCUT2D eigenvalue weighted by Gasteiger charge is -2.39. The highest BCUT2D eigenvalue weighted by atomic mass is 35.5. The van der Waals surface area contributed by atoms with Crippen LogP contribution in [0.3, 0.4) is 0 Å². The Morgan fingerprint density at radius 1 is 0.550 bits per heavy atom. The van der Waals surface area contributed by atoms with Crippen LogP contribution in [0.4, 0.5) is 22.7 Å². The molecule has 2 atom stereocenters. The number of nitro groups is 2. The van der Waals surface area contributed by atoms with Gasteiger partial charge in [-0.2, -0.15) is 0 Å². The van der Waals surface area contributed by atoms with Gasteiger partial charge in [0.25, 0.3) is 43.2 Å². The standard InChI is InChI=1S/C49H57ClN7O8PS.C49H49ClN6O7S/c1-49(2)13-10-36(43(29-49)34-4-6-37(50)7-5-34)31-55-16-18-56(19-17-55)38-8-9-41(46(26-38)65-39-25-35-11-14-51-47(35)52-30-39)48(58)53-67(62,63)40-27-44(57(59)60)42-24-33(32-64-45(42)28-40)12-15-54-20-22-66(3,61)23-21-54;1-49(2)16-14-36(43(28-49)34-8-10-37(50)11-9-34)30-54-18-20-55(21-19-54)38-12-13-41(46(25-38)63-39-24-35-15-17-51-47(35)52-29-39)48(57)53-64(60,61)40-26-44(56(58)59)42-23-33(31-62-45(42)27-40)22-32-6-4-3-5-7-32/h4-9,11,14,25-28,30,33H,10,12-13,15-24,29,31-32H2,1-3H3,(H,51,52)(H,53,58);3-13,15,17,24-27,29,33H,14,16,18-23,28,30-31H2,1-2H3,(H,51,52)(H,53,57)/t2*33-/m00/s1. The molecule has 0 bridgehead atoms. The number of benzene rings is 7. The van der Waals surface area contributed by atoms with Crippen LogP contribution in [-0.4, -0.2) is 190 Å². The van der Waals surface area contributed by atoms with Gasteiger partial charge in [-0.25, -0.2) is 36.2 Å². The lowest BCUT2D eigenvalue weighted by Crippen LogP contribution is -2.47. The first-order valence-electron chi connectivity index (χ1n) is 44.5. The molecule has 0 unspecified atom stereocenters. The summed E-state index contributed by atoms with van der Waals surface area (Å²) < 4.78 is 97.2. The minimum Gasteiger partial charge on any atom is -0.493 e. The van der Waals surface area contributed by atoms with Crippen molar-refractivity contribution in [3.8, 4) is 34.5 Å². The Bertz CT molecular complexity index is 6540. The molecule has 2 aliphatic carbocycles. The molecule has 0 saturated carbocycles. The van der Waals surface area contributed by atoms with Gasteiger partial charge in [0.2, 0.25) is 0 Å². The van der Waals surface area contributed by atoms with E-state index in [1.807, 2.05) is 73.4 Å². The van der Waals surface area contributed by atoms with Crippen LogP contribution in [0, 0.1) is 42.9 Å². The summed E-state index contributed by atoms with van der Waals surface area (Å²) in [7, 11) is -11.3. The molecule has 5 aliphatic heterocycles. The molecule has 18 rings (SSSR count). The van der Waals surface area contributed by atoms with E-state index in [0.717, 1.165) is 167 Å². The molecule has 3 fully saturated rings. The molecule has 33 heteroatoms. The van der Waals surface area contributed by atoms with Crippen molar-refractivity contribution < 1.29 is 59.8 Å². The van der Waals surface area contributed by atoms with Crippen molar-refractivity contribution in [1.29, 1.82) is 0 Å². The summed E-state index contributed by atoms with van der Waals surface area (Å²) in [5.74, 6) is -0.873. The van der Waals surface area contributed by atoms with Crippen LogP contribution in [-0.2, 0) is 43.9 Å². The molecule has 684 valence electrons. The first-order chi connectivity index (χ1) is 62.7. The van der Waals surface area contributed by atoms with E-state index in [4.69, 9.17) is 42.1 Å². The number of hydrogen-bond donors (Lipinski definition) is 4. The van der Waals surface area contributed by atoms with Crippen LogP contribution < -0.4 is 38.2 Å². The number of amides is 2. The zero-order chi connectivity index (χ0) is 91.7. The second-order valence-electron chi connectivity index (χ2n) is 37.2. The van der Waals surface area contributed by atoms with Gasteiger partial charge in [0.15, 0.2) is 0 Å². The first-order valence-corrected chi connectivity index (χ1v) is 50.7. The SMILES string of the molecule is CC1(C)CCC(CN2CCN(c3ccc(C(=O)NS(=O)(=O)c4cc5c(c([N+](=O)[O-])c4)C[C@H](CCN4CCP(C)(=O)CC4)CO5)c(Oc4cnc5[nH]ccc5c4)c3)CC2)=C(c2ccc(Cl)cc2)C1.CC1(C)CCC(CN2CCN(c3ccc(C(=O)NS(=O)(=O)c4cc5c(c([N+](=O)[O-])c4)C[C@H](Cc4ccccc4)CO5)c(Oc4cnc5[nH]ccc5c4)c3)CC2)=C(c2ccc(Cl)cc2)C1. The Morgan fingerprint density at radius 3 is 1.43 bits per heavy atom. The fourth-order valence-electron chi connectivity index (χ4n) is 18.8. The molecule has 9 heterocycles. The lowest BCUT2D eigenvalue weighted by molar-refractivity contribution is -0.386. The molecule has 0 spiro atoms. The zero-order valence-corrected chi connectivity index (χ0v) is 77.9. The molecule has 11 aromatic rings. The predicted octanol–water partition coefficient (Wildman–Crippen LogP) is 18.7. The third-order valence-electron chi connectivity index (χ3n) is 26.4. The topological polar surface area (TPSA) is 340 Å². The van der Waals surface area contributed by atoms with Crippen LogP contribution in [0.5, 0.6) is 34.5 Å². The van der Waals surface area contributed by atoms with E-state index in [1.54, 1.807) is 60.9 Å². The second kappa shape index (κ2) is 38.4. The summed E-state index contributed by atoms with van der Waals surface area (Å²) in [6.07, 6.45) is 16.3. The number of halogens is 2. The Kier molecular flexibility index (Phi) is 26.8. The van der Waals surface area contributed by atoms with Crippen molar-refractivity contribution in [2.45, 2.75) is 102 Å². The molecule has 7 aromatic carbocycles. The number of H-pyrrole nitrogens is 2. The van der Waals surface area contributed by atoms with Crippen molar-refractivity contribution in [1.82, 2.24) is 44.1 Å². The quantitative estimate of drug-likeness (QED) is 0.0235. The highest BCUT2D eigenvalue weighted by molar-refractivity contribution is 7.90. The first kappa shape index (κ1) is 91.4. The highest BCUT2D eigenvalue weighted by Gasteiger charge is 2.38. The van der Waals surface area contributed by atoms with Crippen molar-refractivity contribution in [3.05, 3.63) is 269 Å². The normalized spacial score (nSPS) is 18.9. The van der Waals surface area contributed by atoms with Crippen molar-refractivity contribution >= 4 is 118 Å². The third-order valence-corrected chi connectivity index (χ3v) is 31.8. The summed E-state index contributed by atoms with van der Waals surface area (Å²) in [6, 6.07) is 48.0. The number of anilines is 2. The lowest BCUT2D eigenvalue weighted by atomic mass is 9.72. The fourth-order valence-corrected chi connectivity index (χ4v) is 22.7. The Labute approximate surface area is 771 Å². The van der Waals surface area contributed by atoms with E-state index in [-0.39, 0.29) is 81.4 Å². The number of hydrogen-bond acceptors (Lipinski definition) is 22. The summed E-state index contributed by atoms with van der Waals surface area (Å²) >= 11 is 12.5. The Hall–Kier alpha value is -11.5. The number of piperazine rings is 2. The van der Waals surface area contributed by atoms with Crippen LogP contribution in [0.25, 0.3) is 33.2 Å². The number of nitrogens with zero attached hydrogens (tertiary/aromatic N) is 9. The van der Waals surface area contributed by atoms with Crippen LogP contribution in [0.15, 0.2) is 210 Å². The summed E-state index contributed by atoms with van der Waals surface area (Å²) in [5.41, 5.74) is 12.4. The number of rotatable bonds is 25. The number of carbonyl (C=O) groups excluding carboxylic acids is 2. The van der Waals surface area contributed by atoms with Gasteiger partial charge in [-0.05, 0) is 195 Å². The van der Waals surface area contributed by atoms with Crippen LogP contribution >= 0.6 is 30.3 Å². The van der Waals surface area contributed by atoms with Gasteiger partial charge in [0.05, 0.1) is 74.6 Å². The van der Waals surface area contributed by atoms with Gasteiger partial charge in [-0.3, -0.25) is 39.6 Å². The maximum atomic E-state index is 14.1. The summed E-state index contributed by atoms with van der Waals surface area (Å²) in [6.45, 7) is 21.8. The van der Waals surface area contributed by atoms with E-state index in [0.29, 0.717) is 78.6 Å². The maximum Gasteiger partial charge on any atom is 0.277 e. The number of carbonyl (C=O) groups is 2. The minimum atomic E-state index is -4.65. The number of fused-ring (bicyclic) bond motifs is 4. The van der Waals surface area contributed by atoms with Gasteiger partial charge in [0.1, 0.15) is 45.8 Å². The van der Waals surface area contributed by atoms with Crippen LogP contribution in [0.2, 0.25) is 10.0 Å². The summed E-state index contributed by atoms with van der Waals surface area (Å²) in [5, 5.41) is 27.8. The molecule has 131 heavy (non-hydrogen) atoms. The number of sulfonamides is 2. The van der Waals surface area contributed by atoms with E-state index in [1.165, 1.54) is 57.9 Å². The number of nitrogens with one attached hydrogen (secondary N) is 4. The zero-order valence-electron chi connectivity index (χ0n) is 73.8. The smallest absolute Gasteiger partial charge is 0.277 e. The van der Waals surface area contributed by atoms with E-state index >= 15 is 0 Å². The van der Waals surface area contributed by atoms with Crippen molar-refractivity contribution in [3.63, 3.8) is 0 Å². The monoisotopic (exact) mass is 1870 g/mol. The van der Waals surface area contributed by atoms with Gasteiger partial charge in [-0.1, -0.05) is 117 Å². The Balaban J connectivity index is 0.000000183. The average Bonchev–Trinajstić information content (AvgIpc) is 1.18. The summed E-state index contributed by atoms with van der Waals surface area (Å²) in [4.78, 5) is 77.4. The molecular weight excluding hydrogens is 1770 g/mol. The average molecular weight is 1870 g/mol. The number of aromatic nitrogens is 4. The minimum absolute atomic E-state index is 0.0249. The van der Waals surface area contributed by atoms with Gasteiger partial charge in [0, 0.05) is 178 Å². The molecular formula is C98H106Cl2N13O15PS2. The Morgan fingerprint density at radius 2 is 0.985 bits per heavy atom. The second-order valence-corrected chi connectivity index (χ2v) is 44.9. The molecule has 28 nitrogen and oxygen atoms in total. The van der Waals surface area contributed by atoms with E-state index in [2.05, 4.69) is 106 Å². The molecule has 0 radical (unpaired) electrons. The number of nitro benzene ring substituents is 2. The number of ether oxygens (including phenoxy) is 4. The van der Waals surface area contributed by atoms with E-state index < -0.39 is 58.6 Å². The molecule has 2 amide bonds. The highest BCUT2D eigenvalue weighted by Crippen LogP contribution is 2.48. The van der Waals surface area contributed by atoms with Gasteiger partial charge >= 0.3 is 0 Å². The molecule has 4 N–H and O–H groups in total. The largest absolute Gasteiger partial charge is 0.493 e. The molecule has 7 aliphatic rings. The fraction of sp³-hybridized carbons (Fsp3) is 0.367. The number of pyridine rings is 2. The van der Waals surface area contributed by atoms with Gasteiger partial charge in [-0.15, -0.1) is 0 Å². The predicted molar refractivity (Wildman–Crippen MR) is 510 cm³/mol.